The van der Waals surface area contributed by atoms with E-state index < -0.39 is 6.43 Å². The van der Waals surface area contributed by atoms with Crippen molar-refractivity contribution in [2.24, 2.45) is 0 Å². The van der Waals surface area contributed by atoms with Crippen molar-refractivity contribution in [2.75, 3.05) is 23.3 Å². The van der Waals surface area contributed by atoms with Gasteiger partial charge in [0.2, 0.25) is 0 Å². The van der Waals surface area contributed by atoms with Gasteiger partial charge < -0.3 is 10.2 Å². The minimum Gasteiger partial charge on any atom is -0.366 e. The van der Waals surface area contributed by atoms with E-state index in [4.69, 9.17) is 4.98 Å². The second-order valence-corrected chi connectivity index (χ2v) is 6.02. The van der Waals surface area contributed by atoms with E-state index >= 15 is 0 Å². The maximum Gasteiger partial charge on any atom is 0.263 e. The average Bonchev–Trinajstić information content (AvgIpc) is 2.91. The molecule has 2 aliphatic rings. The summed E-state index contributed by atoms with van der Waals surface area (Å²) >= 11 is 0. The summed E-state index contributed by atoms with van der Waals surface area (Å²) in [7, 11) is 0. The van der Waals surface area contributed by atoms with Gasteiger partial charge in [0.05, 0.1) is 11.4 Å². The Balaban J connectivity index is 1.80. The molecule has 3 nitrogen and oxygen atoms in total. The van der Waals surface area contributed by atoms with Crippen LogP contribution in [0.15, 0.2) is 30.3 Å². The summed E-state index contributed by atoms with van der Waals surface area (Å²) in [5.74, 6) is 0.872. The molecular weight excluding hydrogens is 284 g/mol. The summed E-state index contributed by atoms with van der Waals surface area (Å²) < 4.78 is 25.8. The summed E-state index contributed by atoms with van der Waals surface area (Å²) in [6.07, 6.45) is -1.34. The number of benzene rings is 1. The normalized spacial score (nSPS) is 19.3. The highest BCUT2D eigenvalue weighted by atomic mass is 19.3. The van der Waals surface area contributed by atoms with E-state index in [0.717, 1.165) is 47.8 Å². The third-order valence-corrected chi connectivity index (χ3v) is 4.47. The molecule has 1 atom stereocenters. The van der Waals surface area contributed by atoms with Crippen LogP contribution in [0.5, 0.6) is 0 Å². The molecule has 1 N–H and O–H groups in total. The van der Waals surface area contributed by atoms with Crippen LogP contribution < -0.4 is 10.2 Å². The maximum absolute atomic E-state index is 12.9. The van der Waals surface area contributed by atoms with E-state index in [9.17, 15) is 8.78 Å². The first-order valence-corrected chi connectivity index (χ1v) is 7.53. The van der Waals surface area contributed by atoms with Gasteiger partial charge in [-0.1, -0.05) is 18.2 Å². The van der Waals surface area contributed by atoms with E-state index in [1.165, 1.54) is 12.1 Å². The van der Waals surface area contributed by atoms with Crippen LogP contribution >= 0.6 is 0 Å². The molecule has 1 saturated heterocycles. The average molecular weight is 301 g/mol. The Morgan fingerprint density at radius 2 is 2.18 bits per heavy atom. The molecule has 2 aromatic rings. The standard InChI is InChI=1S/C17H17F2N3/c1-10-7-14-17(20-13-5-6-22(14)9-13)21-15(10)11-3-2-4-12(8-11)16(18)19/h2-4,7-8,13,16H,5-6,9H2,1H3,(H,20,21). The lowest BCUT2D eigenvalue weighted by molar-refractivity contribution is 0.151. The van der Waals surface area contributed by atoms with Crippen LogP contribution in [0.2, 0.25) is 0 Å². The summed E-state index contributed by atoms with van der Waals surface area (Å²) in [4.78, 5) is 7.07. The lowest BCUT2D eigenvalue weighted by Gasteiger charge is -2.28. The number of anilines is 2. The Labute approximate surface area is 128 Å². The molecule has 2 bridgehead atoms. The van der Waals surface area contributed by atoms with Crippen molar-refractivity contribution < 1.29 is 8.78 Å². The summed E-state index contributed by atoms with van der Waals surface area (Å²) in [5.41, 5.74) is 3.69. The molecule has 1 fully saturated rings. The number of alkyl halides is 2. The van der Waals surface area contributed by atoms with E-state index in [2.05, 4.69) is 16.3 Å². The fraction of sp³-hybridized carbons (Fsp3) is 0.353. The van der Waals surface area contributed by atoms with Crippen molar-refractivity contribution in [3.63, 3.8) is 0 Å². The third kappa shape index (κ3) is 2.12. The minimum absolute atomic E-state index is 0.0354. The van der Waals surface area contributed by atoms with Crippen LogP contribution in [0.1, 0.15) is 24.0 Å². The molecule has 5 heteroatoms. The molecule has 0 saturated carbocycles. The topological polar surface area (TPSA) is 28.2 Å². The number of hydrogen-bond acceptors (Lipinski definition) is 3. The zero-order chi connectivity index (χ0) is 15.3. The lowest BCUT2D eigenvalue weighted by atomic mass is 10.0. The first-order chi connectivity index (χ1) is 10.6. The highest BCUT2D eigenvalue weighted by molar-refractivity contribution is 5.77. The summed E-state index contributed by atoms with van der Waals surface area (Å²) in [6, 6.07) is 9.05. The molecular formula is C17H17F2N3. The molecule has 114 valence electrons. The number of aryl methyl sites for hydroxylation is 1. The molecule has 1 aromatic carbocycles. The number of hydrogen-bond donors (Lipinski definition) is 1. The maximum atomic E-state index is 12.9. The molecule has 4 rings (SSSR count). The van der Waals surface area contributed by atoms with Crippen molar-refractivity contribution in [3.05, 3.63) is 41.5 Å². The van der Waals surface area contributed by atoms with E-state index in [1.54, 1.807) is 6.07 Å². The molecule has 0 aliphatic carbocycles. The summed E-state index contributed by atoms with van der Waals surface area (Å²) in [5, 5.41) is 3.46. The molecule has 0 radical (unpaired) electrons. The van der Waals surface area contributed by atoms with Crippen molar-refractivity contribution in [1.82, 2.24) is 4.98 Å². The van der Waals surface area contributed by atoms with E-state index in [1.807, 2.05) is 13.0 Å². The van der Waals surface area contributed by atoms with Gasteiger partial charge in [-0.15, -0.1) is 0 Å². The Kier molecular flexibility index (Phi) is 3.03. The van der Waals surface area contributed by atoms with Crippen molar-refractivity contribution in [2.45, 2.75) is 25.8 Å². The third-order valence-electron chi connectivity index (χ3n) is 4.47. The molecule has 1 unspecified atom stereocenters. The van der Waals surface area contributed by atoms with Crippen LogP contribution in [0.3, 0.4) is 0 Å². The molecule has 22 heavy (non-hydrogen) atoms. The highest BCUT2D eigenvalue weighted by Crippen LogP contribution is 2.38. The first-order valence-electron chi connectivity index (χ1n) is 7.53. The van der Waals surface area contributed by atoms with Crippen LogP contribution in [0, 0.1) is 6.92 Å². The lowest BCUT2D eigenvalue weighted by Crippen LogP contribution is -2.32. The van der Waals surface area contributed by atoms with Gasteiger partial charge in [0, 0.05) is 30.3 Å². The van der Waals surface area contributed by atoms with Crippen LogP contribution in [0.4, 0.5) is 20.3 Å². The number of nitrogens with zero attached hydrogens (tertiary/aromatic N) is 2. The monoisotopic (exact) mass is 301 g/mol. The van der Waals surface area contributed by atoms with E-state index in [-0.39, 0.29) is 5.56 Å². The van der Waals surface area contributed by atoms with Gasteiger partial charge in [0.25, 0.3) is 6.43 Å². The molecule has 2 aliphatic heterocycles. The SMILES string of the molecule is Cc1cc2c(nc1-c1cccc(C(F)F)c1)NC1CCN2C1. The Morgan fingerprint density at radius 3 is 3.00 bits per heavy atom. The fourth-order valence-corrected chi connectivity index (χ4v) is 3.35. The number of pyridine rings is 1. The number of rotatable bonds is 2. The Bertz CT molecular complexity index is 730. The van der Waals surface area contributed by atoms with E-state index in [0.29, 0.717) is 6.04 Å². The predicted octanol–water partition coefficient (Wildman–Crippen LogP) is 4.00. The number of halogens is 2. The van der Waals surface area contributed by atoms with Gasteiger partial charge in [0.1, 0.15) is 0 Å². The van der Waals surface area contributed by atoms with Crippen LogP contribution in [-0.4, -0.2) is 24.1 Å². The van der Waals surface area contributed by atoms with Crippen molar-refractivity contribution in [1.29, 1.82) is 0 Å². The Morgan fingerprint density at radius 1 is 1.32 bits per heavy atom. The van der Waals surface area contributed by atoms with Gasteiger partial charge in [-0.3, -0.25) is 0 Å². The quantitative estimate of drug-likeness (QED) is 0.909. The first kappa shape index (κ1) is 13.5. The smallest absolute Gasteiger partial charge is 0.263 e. The van der Waals surface area contributed by atoms with Crippen LogP contribution in [-0.2, 0) is 0 Å². The molecule has 0 amide bonds. The Hall–Kier alpha value is -2.17. The van der Waals surface area contributed by atoms with Crippen LogP contribution in [0.25, 0.3) is 11.3 Å². The predicted molar refractivity (Wildman–Crippen MR) is 83.6 cm³/mol. The summed E-state index contributed by atoms with van der Waals surface area (Å²) in [6.45, 7) is 4.06. The fourth-order valence-electron chi connectivity index (χ4n) is 3.35. The van der Waals surface area contributed by atoms with Gasteiger partial charge in [-0.05, 0) is 31.0 Å². The zero-order valence-electron chi connectivity index (χ0n) is 12.3. The van der Waals surface area contributed by atoms with Gasteiger partial charge in [-0.2, -0.15) is 0 Å². The van der Waals surface area contributed by atoms with Gasteiger partial charge in [0.15, 0.2) is 5.82 Å². The second kappa shape index (κ2) is 4.93. The zero-order valence-corrected chi connectivity index (χ0v) is 12.3. The van der Waals surface area contributed by atoms with Gasteiger partial charge >= 0.3 is 0 Å². The van der Waals surface area contributed by atoms with Crippen molar-refractivity contribution in [3.8, 4) is 11.3 Å². The molecule has 3 heterocycles. The highest BCUT2D eigenvalue weighted by Gasteiger charge is 2.31. The number of fused-ring (bicyclic) bond motifs is 4. The number of nitrogens with one attached hydrogen (secondary N) is 1. The van der Waals surface area contributed by atoms with Gasteiger partial charge in [-0.25, -0.2) is 13.8 Å². The molecule has 0 spiro atoms. The molecule has 1 aromatic heterocycles. The minimum atomic E-state index is -2.46. The number of aromatic nitrogens is 1. The van der Waals surface area contributed by atoms with Crippen molar-refractivity contribution >= 4 is 11.5 Å². The largest absolute Gasteiger partial charge is 0.366 e. The second-order valence-electron chi connectivity index (χ2n) is 6.02.